The quantitative estimate of drug-likeness (QED) is 0.654. The maximum Gasteiger partial charge on any atom is 0.255 e. The Kier molecular flexibility index (Phi) is 5.77. The van der Waals surface area contributed by atoms with Crippen LogP contribution in [0.2, 0.25) is 0 Å². The van der Waals surface area contributed by atoms with E-state index in [9.17, 15) is 14.0 Å². The summed E-state index contributed by atoms with van der Waals surface area (Å²) in [6, 6.07) is 12.7. The normalized spacial score (nSPS) is 10.4. The zero-order valence-corrected chi connectivity index (χ0v) is 15.0. The molecule has 6 nitrogen and oxygen atoms in total. The zero-order valence-electron chi connectivity index (χ0n) is 14.1. The lowest BCUT2D eigenvalue weighted by molar-refractivity contribution is -0.120. The molecule has 0 aliphatic heterocycles. The van der Waals surface area contributed by atoms with Gasteiger partial charge < -0.3 is 15.8 Å². The molecule has 0 atom stereocenters. The minimum atomic E-state index is -0.562. The number of nitrogens with one attached hydrogen (secondary N) is 1. The Labute approximate surface area is 158 Å². The number of carbonyl (C=O) groups is 2. The smallest absolute Gasteiger partial charge is 0.255 e. The molecule has 0 unspecified atom stereocenters. The first kappa shape index (κ1) is 18.5. The molecule has 0 spiro atoms. The first-order valence-electron chi connectivity index (χ1n) is 8.01. The van der Waals surface area contributed by atoms with E-state index in [1.807, 2.05) is 0 Å². The van der Waals surface area contributed by atoms with E-state index in [-0.39, 0.29) is 24.8 Å². The summed E-state index contributed by atoms with van der Waals surface area (Å²) in [5.41, 5.74) is 6.89. The third-order valence-electron chi connectivity index (χ3n) is 3.48. The first-order valence-corrected chi connectivity index (χ1v) is 8.89. The highest BCUT2D eigenvalue weighted by molar-refractivity contribution is 7.13. The van der Waals surface area contributed by atoms with Crippen LogP contribution in [0.3, 0.4) is 0 Å². The van der Waals surface area contributed by atoms with Gasteiger partial charge in [0, 0.05) is 16.6 Å². The molecule has 0 saturated carbocycles. The van der Waals surface area contributed by atoms with Gasteiger partial charge in [0.1, 0.15) is 16.6 Å². The van der Waals surface area contributed by atoms with Crippen molar-refractivity contribution in [3.05, 3.63) is 65.4 Å². The van der Waals surface area contributed by atoms with Crippen LogP contribution in [0.15, 0.2) is 53.9 Å². The van der Waals surface area contributed by atoms with Crippen molar-refractivity contribution in [2.24, 2.45) is 5.73 Å². The Bertz CT molecular complexity index is 957. The van der Waals surface area contributed by atoms with Crippen molar-refractivity contribution >= 4 is 28.8 Å². The van der Waals surface area contributed by atoms with Gasteiger partial charge in [-0.15, -0.1) is 11.3 Å². The number of hydrogen-bond donors (Lipinski definition) is 2. The molecule has 0 aliphatic carbocycles. The van der Waals surface area contributed by atoms with Crippen LogP contribution in [0.4, 0.5) is 10.1 Å². The summed E-state index contributed by atoms with van der Waals surface area (Å²) in [4.78, 5) is 27.3. The van der Waals surface area contributed by atoms with Crippen LogP contribution < -0.4 is 15.8 Å². The standard InChI is InChI=1S/C19H16FN3O3S/c20-13-3-1-2-12(8-13)19-23-15(11-27-19)9-18(25)22-14-4-6-16(7-5-14)26-10-17(21)24/h1-8,11H,9-10H2,(H2,21,24)(H,22,25). The molecule has 138 valence electrons. The average Bonchev–Trinajstić information content (AvgIpc) is 3.09. The number of aromatic nitrogens is 1. The van der Waals surface area contributed by atoms with E-state index in [2.05, 4.69) is 10.3 Å². The number of thiazole rings is 1. The van der Waals surface area contributed by atoms with Crippen molar-refractivity contribution in [1.29, 1.82) is 0 Å². The van der Waals surface area contributed by atoms with E-state index < -0.39 is 5.91 Å². The van der Waals surface area contributed by atoms with Gasteiger partial charge in [-0.05, 0) is 36.4 Å². The van der Waals surface area contributed by atoms with Crippen LogP contribution in [-0.4, -0.2) is 23.4 Å². The predicted molar refractivity (Wildman–Crippen MR) is 101 cm³/mol. The average molecular weight is 385 g/mol. The van der Waals surface area contributed by atoms with Gasteiger partial charge in [0.15, 0.2) is 6.61 Å². The van der Waals surface area contributed by atoms with E-state index in [1.54, 1.807) is 41.8 Å². The highest BCUT2D eigenvalue weighted by Crippen LogP contribution is 2.24. The molecule has 3 rings (SSSR count). The van der Waals surface area contributed by atoms with E-state index in [0.29, 0.717) is 27.7 Å². The van der Waals surface area contributed by atoms with Gasteiger partial charge in [-0.3, -0.25) is 9.59 Å². The topological polar surface area (TPSA) is 94.3 Å². The Morgan fingerprint density at radius 2 is 1.96 bits per heavy atom. The van der Waals surface area contributed by atoms with Crippen molar-refractivity contribution < 1.29 is 18.7 Å². The molecule has 0 bridgehead atoms. The van der Waals surface area contributed by atoms with Crippen molar-refractivity contribution in [1.82, 2.24) is 4.98 Å². The summed E-state index contributed by atoms with van der Waals surface area (Å²) in [5, 5.41) is 5.20. The zero-order chi connectivity index (χ0) is 19.2. The molecule has 2 aromatic carbocycles. The van der Waals surface area contributed by atoms with Crippen LogP contribution >= 0.6 is 11.3 Å². The number of nitrogens with two attached hydrogens (primary N) is 1. The van der Waals surface area contributed by atoms with Gasteiger partial charge in [0.25, 0.3) is 5.91 Å². The molecule has 0 aliphatic rings. The van der Waals surface area contributed by atoms with Crippen LogP contribution in [0.25, 0.3) is 10.6 Å². The van der Waals surface area contributed by atoms with Crippen LogP contribution in [-0.2, 0) is 16.0 Å². The lowest BCUT2D eigenvalue weighted by atomic mass is 10.2. The van der Waals surface area contributed by atoms with Crippen LogP contribution in [0.5, 0.6) is 5.75 Å². The van der Waals surface area contributed by atoms with Crippen LogP contribution in [0, 0.1) is 5.82 Å². The lowest BCUT2D eigenvalue weighted by Crippen LogP contribution is -2.20. The van der Waals surface area contributed by atoms with Gasteiger partial charge in [-0.25, -0.2) is 9.37 Å². The van der Waals surface area contributed by atoms with Gasteiger partial charge >= 0.3 is 0 Å². The Balaban J connectivity index is 1.57. The number of ether oxygens (including phenoxy) is 1. The number of amides is 2. The fraction of sp³-hybridized carbons (Fsp3) is 0.105. The number of nitrogens with zero attached hydrogens (tertiary/aromatic N) is 1. The lowest BCUT2D eigenvalue weighted by Gasteiger charge is -2.06. The molecule has 0 fully saturated rings. The molecule has 1 aromatic heterocycles. The van der Waals surface area contributed by atoms with E-state index in [4.69, 9.17) is 10.5 Å². The molecule has 1 heterocycles. The summed E-state index contributed by atoms with van der Waals surface area (Å²) in [6.45, 7) is -0.205. The van der Waals surface area contributed by atoms with Crippen molar-refractivity contribution in [3.63, 3.8) is 0 Å². The van der Waals surface area contributed by atoms with Crippen molar-refractivity contribution in [2.75, 3.05) is 11.9 Å². The first-order chi connectivity index (χ1) is 13.0. The molecule has 0 radical (unpaired) electrons. The molecular formula is C19H16FN3O3S. The Morgan fingerprint density at radius 3 is 2.67 bits per heavy atom. The molecule has 8 heteroatoms. The summed E-state index contributed by atoms with van der Waals surface area (Å²) in [5.74, 6) is -0.638. The fourth-order valence-electron chi connectivity index (χ4n) is 2.30. The number of rotatable bonds is 7. The Hall–Kier alpha value is -3.26. The molecule has 3 aromatic rings. The number of primary amides is 1. The third-order valence-corrected chi connectivity index (χ3v) is 4.42. The highest BCUT2D eigenvalue weighted by Gasteiger charge is 2.10. The molecule has 3 N–H and O–H groups in total. The molecular weight excluding hydrogens is 369 g/mol. The highest BCUT2D eigenvalue weighted by atomic mass is 32.1. The maximum atomic E-state index is 13.3. The molecule has 2 amide bonds. The number of hydrogen-bond acceptors (Lipinski definition) is 5. The fourth-order valence-corrected chi connectivity index (χ4v) is 3.12. The van der Waals surface area contributed by atoms with E-state index in [0.717, 1.165) is 0 Å². The van der Waals surface area contributed by atoms with Gasteiger partial charge in [0.2, 0.25) is 5.91 Å². The molecule has 27 heavy (non-hydrogen) atoms. The third kappa shape index (κ3) is 5.35. The Morgan fingerprint density at radius 1 is 1.19 bits per heavy atom. The van der Waals surface area contributed by atoms with E-state index in [1.165, 1.54) is 23.5 Å². The van der Waals surface area contributed by atoms with Gasteiger partial charge in [-0.2, -0.15) is 0 Å². The minimum absolute atomic E-state index is 0.103. The number of anilines is 1. The number of carbonyl (C=O) groups excluding carboxylic acids is 2. The largest absolute Gasteiger partial charge is 0.484 e. The minimum Gasteiger partial charge on any atom is -0.484 e. The SMILES string of the molecule is NC(=O)COc1ccc(NC(=O)Cc2csc(-c3cccc(F)c3)n2)cc1. The van der Waals surface area contributed by atoms with Crippen molar-refractivity contribution in [2.45, 2.75) is 6.42 Å². The second-order valence-electron chi connectivity index (χ2n) is 5.66. The second kappa shape index (κ2) is 8.41. The maximum absolute atomic E-state index is 13.3. The van der Waals surface area contributed by atoms with E-state index >= 15 is 0 Å². The summed E-state index contributed by atoms with van der Waals surface area (Å²) in [7, 11) is 0. The molecule has 0 saturated heterocycles. The van der Waals surface area contributed by atoms with Crippen molar-refractivity contribution in [3.8, 4) is 16.3 Å². The predicted octanol–water partition coefficient (Wildman–Crippen LogP) is 2.99. The van der Waals surface area contributed by atoms with Gasteiger partial charge in [0.05, 0.1) is 12.1 Å². The monoisotopic (exact) mass is 385 g/mol. The number of benzene rings is 2. The summed E-state index contributed by atoms with van der Waals surface area (Å²) < 4.78 is 18.5. The summed E-state index contributed by atoms with van der Waals surface area (Å²) >= 11 is 1.36. The van der Waals surface area contributed by atoms with Crippen LogP contribution in [0.1, 0.15) is 5.69 Å². The van der Waals surface area contributed by atoms with Gasteiger partial charge in [-0.1, -0.05) is 12.1 Å². The second-order valence-corrected chi connectivity index (χ2v) is 6.52. The summed E-state index contributed by atoms with van der Waals surface area (Å²) in [6.07, 6.45) is 0.103. The number of halogens is 1.